The first kappa shape index (κ1) is 13.1. The zero-order valence-corrected chi connectivity index (χ0v) is 13.1. The molecular weight excluding hydrogens is 264 g/mol. The zero-order chi connectivity index (χ0) is 14.8. The van der Waals surface area contributed by atoms with Crippen molar-refractivity contribution in [2.75, 3.05) is 11.9 Å². The molecule has 3 heterocycles. The van der Waals surface area contributed by atoms with Crippen LogP contribution in [-0.4, -0.2) is 33.5 Å². The Bertz CT molecular complexity index is 706. The van der Waals surface area contributed by atoms with Gasteiger partial charge in [0.2, 0.25) is 0 Å². The van der Waals surface area contributed by atoms with E-state index in [0.717, 1.165) is 35.4 Å². The van der Waals surface area contributed by atoms with Crippen molar-refractivity contribution < 1.29 is 4.74 Å². The average molecular weight is 286 g/mol. The van der Waals surface area contributed by atoms with Gasteiger partial charge in [0.15, 0.2) is 5.65 Å². The summed E-state index contributed by atoms with van der Waals surface area (Å²) < 4.78 is 7.69. The Morgan fingerprint density at radius 3 is 3.05 bits per heavy atom. The fourth-order valence-corrected chi connectivity index (χ4v) is 4.18. The fourth-order valence-electron chi connectivity index (χ4n) is 4.18. The normalized spacial score (nSPS) is 30.2. The van der Waals surface area contributed by atoms with Crippen LogP contribution in [0.5, 0.6) is 0 Å². The van der Waals surface area contributed by atoms with Gasteiger partial charge in [-0.1, -0.05) is 13.8 Å². The van der Waals surface area contributed by atoms with E-state index >= 15 is 0 Å². The average Bonchev–Trinajstić information content (AvgIpc) is 3.01. The van der Waals surface area contributed by atoms with Gasteiger partial charge in [-0.2, -0.15) is 5.10 Å². The summed E-state index contributed by atoms with van der Waals surface area (Å²) in [6.45, 7) is 7.51. The van der Waals surface area contributed by atoms with Crippen molar-refractivity contribution in [3.05, 3.63) is 18.0 Å². The van der Waals surface area contributed by atoms with E-state index in [1.54, 1.807) is 0 Å². The SMILES string of the molecule is Cc1nn(C)c2ncc(NC3C4CCOC4C3(C)C)cc12. The van der Waals surface area contributed by atoms with Crippen LogP contribution >= 0.6 is 0 Å². The van der Waals surface area contributed by atoms with E-state index in [1.807, 2.05) is 24.9 Å². The number of pyridine rings is 1. The van der Waals surface area contributed by atoms with Crippen molar-refractivity contribution >= 4 is 16.7 Å². The first-order valence-corrected chi connectivity index (χ1v) is 7.66. The van der Waals surface area contributed by atoms with Crippen LogP contribution < -0.4 is 5.32 Å². The lowest BCUT2D eigenvalue weighted by Gasteiger charge is -2.55. The molecule has 2 fully saturated rings. The van der Waals surface area contributed by atoms with Gasteiger partial charge in [-0.15, -0.1) is 0 Å². The Labute approximate surface area is 124 Å². The van der Waals surface area contributed by atoms with E-state index in [1.165, 1.54) is 0 Å². The molecule has 5 heteroatoms. The highest BCUT2D eigenvalue weighted by atomic mass is 16.5. The molecule has 0 radical (unpaired) electrons. The maximum absolute atomic E-state index is 5.86. The molecule has 1 saturated carbocycles. The lowest BCUT2D eigenvalue weighted by Crippen LogP contribution is -2.63. The van der Waals surface area contributed by atoms with Gasteiger partial charge >= 0.3 is 0 Å². The van der Waals surface area contributed by atoms with Crippen LogP contribution in [-0.2, 0) is 11.8 Å². The number of nitrogens with one attached hydrogen (secondary N) is 1. The smallest absolute Gasteiger partial charge is 0.157 e. The summed E-state index contributed by atoms with van der Waals surface area (Å²) in [6, 6.07) is 2.63. The summed E-state index contributed by atoms with van der Waals surface area (Å²) in [5, 5.41) is 9.25. The zero-order valence-electron chi connectivity index (χ0n) is 13.1. The topological polar surface area (TPSA) is 52.0 Å². The second-order valence-electron chi connectivity index (χ2n) is 6.99. The monoisotopic (exact) mass is 286 g/mol. The van der Waals surface area contributed by atoms with Crippen molar-refractivity contribution in [1.29, 1.82) is 0 Å². The number of hydrogen-bond donors (Lipinski definition) is 1. The first-order chi connectivity index (χ1) is 9.98. The number of ether oxygens (including phenoxy) is 1. The molecule has 3 atom stereocenters. The van der Waals surface area contributed by atoms with Gasteiger partial charge in [-0.05, 0) is 19.4 Å². The summed E-state index contributed by atoms with van der Waals surface area (Å²) >= 11 is 0. The number of rotatable bonds is 2. The van der Waals surface area contributed by atoms with E-state index in [9.17, 15) is 0 Å². The summed E-state index contributed by atoms with van der Waals surface area (Å²) in [5.74, 6) is 0.630. The van der Waals surface area contributed by atoms with Crippen LogP contribution in [0.3, 0.4) is 0 Å². The number of aromatic nitrogens is 3. The lowest BCUT2D eigenvalue weighted by atomic mass is 9.57. The number of hydrogen-bond acceptors (Lipinski definition) is 4. The quantitative estimate of drug-likeness (QED) is 0.921. The van der Waals surface area contributed by atoms with Crippen molar-refractivity contribution in [3.63, 3.8) is 0 Å². The van der Waals surface area contributed by atoms with Crippen LogP contribution in [0.15, 0.2) is 12.3 Å². The minimum atomic E-state index is 0.181. The third kappa shape index (κ3) is 1.73. The molecule has 2 aromatic heterocycles. The summed E-state index contributed by atoms with van der Waals surface area (Å²) in [5.41, 5.74) is 3.23. The van der Waals surface area contributed by atoms with Crippen LogP contribution in [0.25, 0.3) is 11.0 Å². The maximum atomic E-state index is 5.86. The first-order valence-electron chi connectivity index (χ1n) is 7.66. The van der Waals surface area contributed by atoms with Gasteiger partial charge in [0.1, 0.15) is 0 Å². The predicted octanol–water partition coefficient (Wildman–Crippen LogP) is 2.50. The van der Waals surface area contributed by atoms with Gasteiger partial charge < -0.3 is 10.1 Å². The Hall–Kier alpha value is -1.62. The van der Waals surface area contributed by atoms with E-state index in [-0.39, 0.29) is 5.41 Å². The molecule has 2 aromatic rings. The third-order valence-electron chi connectivity index (χ3n) is 5.29. The van der Waals surface area contributed by atoms with Crippen LogP contribution in [0, 0.1) is 18.3 Å². The molecule has 3 unspecified atom stereocenters. The molecule has 4 rings (SSSR count). The van der Waals surface area contributed by atoms with Gasteiger partial charge in [0, 0.05) is 36.4 Å². The fraction of sp³-hybridized carbons (Fsp3) is 0.625. The van der Waals surface area contributed by atoms with Crippen molar-refractivity contribution in [3.8, 4) is 0 Å². The second kappa shape index (κ2) is 4.19. The van der Waals surface area contributed by atoms with E-state index in [2.05, 4.69) is 35.3 Å². The van der Waals surface area contributed by atoms with E-state index in [4.69, 9.17) is 4.74 Å². The highest BCUT2D eigenvalue weighted by Crippen LogP contribution is 2.53. The van der Waals surface area contributed by atoms with E-state index < -0.39 is 0 Å². The van der Waals surface area contributed by atoms with E-state index in [0.29, 0.717) is 18.1 Å². The minimum absolute atomic E-state index is 0.181. The van der Waals surface area contributed by atoms with Gasteiger partial charge in [-0.25, -0.2) is 4.98 Å². The molecule has 1 N–H and O–H groups in total. The summed E-state index contributed by atoms with van der Waals surface area (Å²) in [7, 11) is 1.94. The van der Waals surface area contributed by atoms with Crippen molar-refractivity contribution in [2.24, 2.45) is 18.4 Å². The number of anilines is 1. The molecule has 21 heavy (non-hydrogen) atoms. The number of fused-ring (bicyclic) bond motifs is 2. The van der Waals surface area contributed by atoms with Gasteiger partial charge in [-0.3, -0.25) is 4.68 Å². The molecule has 0 spiro atoms. The molecular formula is C16H22N4O. The summed E-state index contributed by atoms with van der Waals surface area (Å²) in [6.07, 6.45) is 3.49. The molecule has 0 amide bonds. The molecule has 1 aliphatic heterocycles. The Balaban J connectivity index is 1.64. The number of nitrogens with zero attached hydrogens (tertiary/aromatic N) is 3. The Morgan fingerprint density at radius 1 is 1.43 bits per heavy atom. The highest BCUT2D eigenvalue weighted by molar-refractivity contribution is 5.81. The van der Waals surface area contributed by atoms with Crippen LogP contribution in [0.2, 0.25) is 0 Å². The van der Waals surface area contributed by atoms with Crippen molar-refractivity contribution in [1.82, 2.24) is 14.8 Å². The van der Waals surface area contributed by atoms with Gasteiger partial charge in [0.25, 0.3) is 0 Å². The molecule has 1 saturated heterocycles. The molecule has 5 nitrogen and oxygen atoms in total. The highest BCUT2D eigenvalue weighted by Gasteiger charge is 2.59. The largest absolute Gasteiger partial charge is 0.380 e. The molecule has 0 bridgehead atoms. The number of aryl methyl sites for hydroxylation is 2. The van der Waals surface area contributed by atoms with Crippen LogP contribution in [0.4, 0.5) is 5.69 Å². The van der Waals surface area contributed by atoms with Gasteiger partial charge in [0.05, 0.1) is 23.7 Å². The maximum Gasteiger partial charge on any atom is 0.157 e. The molecule has 112 valence electrons. The molecule has 2 aliphatic rings. The minimum Gasteiger partial charge on any atom is -0.380 e. The van der Waals surface area contributed by atoms with Crippen LogP contribution in [0.1, 0.15) is 26.0 Å². The predicted molar refractivity (Wildman–Crippen MR) is 82.3 cm³/mol. The Kier molecular flexibility index (Phi) is 2.61. The summed E-state index contributed by atoms with van der Waals surface area (Å²) in [4.78, 5) is 4.55. The van der Waals surface area contributed by atoms with Crippen molar-refractivity contribution in [2.45, 2.75) is 39.3 Å². The third-order valence-corrected chi connectivity index (χ3v) is 5.29. The Morgan fingerprint density at radius 2 is 2.24 bits per heavy atom. The molecule has 0 aromatic carbocycles. The standard InChI is InChI=1S/C16H22N4O/c1-9-12-7-10(8-17-15(12)20(4)19-9)18-13-11-5-6-21-14(11)16(13,2)3/h7-8,11,13-14,18H,5-6H2,1-4H3. The lowest BCUT2D eigenvalue weighted by molar-refractivity contribution is -0.0923. The second-order valence-corrected chi connectivity index (χ2v) is 6.99. The molecule has 1 aliphatic carbocycles.